The van der Waals surface area contributed by atoms with Crippen LogP contribution in [0, 0.1) is 5.41 Å². The highest BCUT2D eigenvalue weighted by Gasteiger charge is 2.26. The van der Waals surface area contributed by atoms with E-state index in [4.69, 9.17) is 4.98 Å². The summed E-state index contributed by atoms with van der Waals surface area (Å²) in [7, 11) is 0. The van der Waals surface area contributed by atoms with Crippen LogP contribution in [-0.4, -0.2) is 25.3 Å². The number of carbonyl (C=O) groups excluding carboxylic acids is 1. The lowest BCUT2D eigenvalue weighted by Crippen LogP contribution is -2.20. The molecule has 0 spiro atoms. The van der Waals surface area contributed by atoms with Gasteiger partial charge in [0.1, 0.15) is 5.52 Å². The molecule has 0 fully saturated rings. The Morgan fingerprint density at radius 2 is 1.88 bits per heavy atom. The third-order valence-electron chi connectivity index (χ3n) is 4.35. The van der Waals surface area contributed by atoms with Crippen LogP contribution >= 0.6 is 0 Å². The van der Waals surface area contributed by atoms with Gasteiger partial charge in [0, 0.05) is 35.3 Å². The first kappa shape index (κ1) is 16.3. The van der Waals surface area contributed by atoms with E-state index in [1.807, 2.05) is 68.1 Å². The molecule has 130 valence electrons. The second-order valence-electron chi connectivity index (χ2n) is 7.37. The molecule has 4 aromatic rings. The fourth-order valence-electron chi connectivity index (χ4n) is 2.94. The molecule has 0 aliphatic rings. The lowest BCUT2D eigenvalue weighted by Gasteiger charge is -2.15. The van der Waals surface area contributed by atoms with E-state index in [0.29, 0.717) is 16.7 Å². The fraction of sp³-hybridized carbons (Fsp3) is 0.190. The average Bonchev–Trinajstić information content (AvgIpc) is 3.29. The molecule has 5 nitrogen and oxygen atoms in total. The number of hydrogen-bond acceptors (Lipinski definition) is 3. The van der Waals surface area contributed by atoms with Gasteiger partial charge in [-0.3, -0.25) is 4.79 Å². The average molecular weight is 344 g/mol. The van der Waals surface area contributed by atoms with Crippen LogP contribution in [0.5, 0.6) is 0 Å². The second-order valence-corrected chi connectivity index (χ2v) is 7.37. The van der Waals surface area contributed by atoms with E-state index in [9.17, 15) is 4.79 Å². The van der Waals surface area contributed by atoms with Crippen molar-refractivity contribution < 1.29 is 4.79 Å². The maximum absolute atomic E-state index is 12.7. The van der Waals surface area contributed by atoms with Crippen molar-refractivity contribution in [2.75, 3.05) is 0 Å². The van der Waals surface area contributed by atoms with Crippen LogP contribution < -0.4 is 0 Å². The van der Waals surface area contributed by atoms with Crippen LogP contribution in [0.15, 0.2) is 61.2 Å². The number of nitrogens with zero attached hydrogens (tertiary/aromatic N) is 3. The molecule has 0 saturated heterocycles. The summed E-state index contributed by atoms with van der Waals surface area (Å²) in [4.78, 5) is 25.0. The van der Waals surface area contributed by atoms with Crippen molar-refractivity contribution in [3.63, 3.8) is 0 Å². The summed E-state index contributed by atoms with van der Waals surface area (Å²) in [6, 6.07) is 12.1. The molecule has 0 radical (unpaired) electrons. The van der Waals surface area contributed by atoms with Crippen molar-refractivity contribution in [1.82, 2.24) is 19.5 Å². The summed E-state index contributed by atoms with van der Waals surface area (Å²) in [6.07, 6.45) is 7.44. The van der Waals surface area contributed by atoms with Crippen LogP contribution in [0.4, 0.5) is 0 Å². The maximum Gasteiger partial charge on any atom is 0.171 e. The highest BCUT2D eigenvalue weighted by Crippen LogP contribution is 2.27. The van der Waals surface area contributed by atoms with Gasteiger partial charge in [0.05, 0.1) is 17.5 Å². The number of ketones is 1. The zero-order chi connectivity index (χ0) is 18.3. The molecule has 3 heterocycles. The first-order valence-corrected chi connectivity index (χ1v) is 8.56. The molecule has 0 atom stereocenters. The number of rotatable bonds is 3. The Hall–Kier alpha value is -3.21. The van der Waals surface area contributed by atoms with Gasteiger partial charge in [0.25, 0.3) is 0 Å². The second kappa shape index (κ2) is 5.95. The number of fused-ring (bicyclic) bond motifs is 1. The predicted molar refractivity (Wildman–Crippen MR) is 102 cm³/mol. The summed E-state index contributed by atoms with van der Waals surface area (Å²) in [5.41, 5.74) is 4.12. The number of aromatic nitrogens is 4. The molecular weight excluding hydrogens is 324 g/mol. The van der Waals surface area contributed by atoms with E-state index in [0.717, 1.165) is 16.9 Å². The Morgan fingerprint density at radius 3 is 2.62 bits per heavy atom. The van der Waals surface area contributed by atoms with Crippen molar-refractivity contribution in [2.45, 2.75) is 20.8 Å². The number of H-pyrrole nitrogens is 1. The van der Waals surface area contributed by atoms with Crippen LogP contribution in [0.25, 0.3) is 28.1 Å². The van der Waals surface area contributed by atoms with Crippen LogP contribution in [0.2, 0.25) is 0 Å². The number of hydrogen-bond donors (Lipinski definition) is 1. The minimum absolute atomic E-state index is 0.0521. The highest BCUT2D eigenvalue weighted by atomic mass is 16.1. The fourth-order valence-corrected chi connectivity index (χ4v) is 2.94. The highest BCUT2D eigenvalue weighted by molar-refractivity contribution is 6.08. The number of benzene rings is 1. The van der Waals surface area contributed by atoms with Gasteiger partial charge in [-0.15, -0.1) is 0 Å². The summed E-state index contributed by atoms with van der Waals surface area (Å²) < 4.78 is 2.04. The SMILES string of the molecule is CC(C)(C)C(=O)c1c[nH]c2ncc(-c3cccc(-n4cccc4)c3)nc12. The molecule has 5 heteroatoms. The zero-order valence-electron chi connectivity index (χ0n) is 15.0. The van der Waals surface area contributed by atoms with Gasteiger partial charge in [-0.2, -0.15) is 0 Å². The lowest BCUT2D eigenvalue weighted by atomic mass is 9.87. The topological polar surface area (TPSA) is 63.6 Å². The van der Waals surface area contributed by atoms with E-state index < -0.39 is 5.41 Å². The summed E-state index contributed by atoms with van der Waals surface area (Å²) in [5.74, 6) is 0.0521. The van der Waals surface area contributed by atoms with Crippen molar-refractivity contribution in [1.29, 1.82) is 0 Å². The van der Waals surface area contributed by atoms with Crippen molar-refractivity contribution in [3.05, 3.63) is 66.7 Å². The maximum atomic E-state index is 12.7. The third kappa shape index (κ3) is 2.81. The van der Waals surface area contributed by atoms with Gasteiger partial charge in [-0.25, -0.2) is 9.97 Å². The van der Waals surface area contributed by atoms with E-state index >= 15 is 0 Å². The van der Waals surface area contributed by atoms with Crippen LogP contribution in [-0.2, 0) is 0 Å². The standard InChI is InChI=1S/C21H20N4O/c1-21(2,3)19(26)16-12-22-20-18(16)24-17(13-23-20)14-7-6-8-15(11-14)25-9-4-5-10-25/h4-13H,1-3H3,(H,22,23). The molecule has 0 aliphatic heterocycles. The zero-order valence-corrected chi connectivity index (χ0v) is 15.0. The van der Waals surface area contributed by atoms with Crippen molar-refractivity contribution in [3.8, 4) is 16.9 Å². The number of carbonyl (C=O) groups is 1. The summed E-state index contributed by atoms with van der Waals surface area (Å²) in [5, 5.41) is 0. The Labute approximate surface area is 151 Å². The smallest absolute Gasteiger partial charge is 0.171 e. The van der Waals surface area contributed by atoms with Crippen LogP contribution in [0.3, 0.4) is 0 Å². The number of Topliss-reactive ketones (excluding diaryl/α,β-unsaturated/α-hetero) is 1. The molecule has 26 heavy (non-hydrogen) atoms. The number of nitrogens with one attached hydrogen (secondary N) is 1. The Morgan fingerprint density at radius 1 is 1.12 bits per heavy atom. The van der Waals surface area contributed by atoms with Gasteiger partial charge < -0.3 is 9.55 Å². The molecule has 3 aromatic heterocycles. The molecular formula is C21H20N4O. The van der Waals surface area contributed by atoms with Crippen molar-refractivity contribution in [2.24, 2.45) is 5.41 Å². The normalized spacial score (nSPS) is 11.8. The van der Waals surface area contributed by atoms with Crippen molar-refractivity contribution >= 4 is 16.9 Å². The van der Waals surface area contributed by atoms with Crippen LogP contribution in [0.1, 0.15) is 31.1 Å². The third-order valence-corrected chi connectivity index (χ3v) is 4.35. The van der Waals surface area contributed by atoms with Gasteiger partial charge in [0.15, 0.2) is 11.4 Å². The molecule has 0 aliphatic carbocycles. The molecule has 4 rings (SSSR count). The van der Waals surface area contributed by atoms with Gasteiger partial charge in [-0.05, 0) is 24.3 Å². The summed E-state index contributed by atoms with van der Waals surface area (Å²) in [6.45, 7) is 5.73. The van der Waals surface area contributed by atoms with Gasteiger partial charge in [0.2, 0.25) is 0 Å². The molecule has 1 aromatic carbocycles. The monoisotopic (exact) mass is 344 g/mol. The molecule has 0 saturated carbocycles. The largest absolute Gasteiger partial charge is 0.344 e. The molecule has 0 unspecified atom stereocenters. The quantitative estimate of drug-likeness (QED) is 0.551. The minimum atomic E-state index is -0.471. The van der Waals surface area contributed by atoms with Gasteiger partial charge >= 0.3 is 0 Å². The van der Waals surface area contributed by atoms with E-state index in [-0.39, 0.29) is 5.78 Å². The Kier molecular flexibility index (Phi) is 3.72. The molecule has 0 amide bonds. The van der Waals surface area contributed by atoms with E-state index in [1.54, 1.807) is 12.4 Å². The predicted octanol–water partition coefficient (Wildman–Crippen LogP) is 4.64. The van der Waals surface area contributed by atoms with E-state index in [1.165, 1.54) is 0 Å². The minimum Gasteiger partial charge on any atom is -0.344 e. The summed E-state index contributed by atoms with van der Waals surface area (Å²) >= 11 is 0. The number of aromatic amines is 1. The van der Waals surface area contributed by atoms with Gasteiger partial charge in [-0.1, -0.05) is 32.9 Å². The Bertz CT molecular complexity index is 1080. The molecule has 1 N–H and O–H groups in total. The first-order chi connectivity index (χ1) is 12.4. The Balaban J connectivity index is 1.81. The lowest BCUT2D eigenvalue weighted by molar-refractivity contribution is 0.0860. The first-order valence-electron chi connectivity index (χ1n) is 8.56. The molecule has 0 bridgehead atoms. The van der Waals surface area contributed by atoms with E-state index in [2.05, 4.69) is 16.0 Å².